The summed E-state index contributed by atoms with van der Waals surface area (Å²) in [7, 11) is 0. The third kappa shape index (κ3) is 3.43. The summed E-state index contributed by atoms with van der Waals surface area (Å²) in [5.41, 5.74) is -0.752. The number of amides is 2. The molecule has 0 aliphatic carbocycles. The average Bonchev–Trinajstić information content (AvgIpc) is 2.34. The molecule has 0 heterocycles. The van der Waals surface area contributed by atoms with Crippen molar-refractivity contribution in [2.24, 2.45) is 0 Å². The summed E-state index contributed by atoms with van der Waals surface area (Å²) >= 11 is 0. The highest BCUT2D eigenvalue weighted by Crippen LogP contribution is 2.18. The highest BCUT2D eigenvalue weighted by atomic mass is 19.1. The fraction of sp³-hybridized carbons (Fsp3) is 0.385. The van der Waals surface area contributed by atoms with Gasteiger partial charge in [-0.25, -0.2) is 14.0 Å². The number of nitrogens with one attached hydrogen (secondary N) is 2. The third-order valence-electron chi connectivity index (χ3n) is 3.08. The Balaban J connectivity index is 2.81. The number of carboxylic acid groups (broad SMARTS) is 1. The van der Waals surface area contributed by atoms with Gasteiger partial charge in [-0.05, 0) is 32.4 Å². The zero-order valence-electron chi connectivity index (χ0n) is 11.1. The number of hydrogen-bond acceptors (Lipinski definition) is 2. The van der Waals surface area contributed by atoms with E-state index in [9.17, 15) is 14.0 Å². The number of carbonyl (C=O) groups is 2. The Hall–Kier alpha value is -2.11. The molecule has 0 fully saturated rings. The molecule has 0 saturated heterocycles. The first-order chi connectivity index (χ1) is 8.80. The maximum absolute atomic E-state index is 13.3. The molecule has 0 aromatic heterocycles. The molecule has 6 heteroatoms. The Bertz CT molecular complexity index is 505. The van der Waals surface area contributed by atoms with Crippen molar-refractivity contribution in [2.75, 3.05) is 5.32 Å². The molecule has 0 aliphatic rings. The van der Waals surface area contributed by atoms with Gasteiger partial charge in [0.15, 0.2) is 0 Å². The molecule has 19 heavy (non-hydrogen) atoms. The Morgan fingerprint density at radius 1 is 1.42 bits per heavy atom. The summed E-state index contributed by atoms with van der Waals surface area (Å²) < 4.78 is 13.3. The van der Waals surface area contributed by atoms with Crippen molar-refractivity contribution in [1.82, 2.24) is 5.32 Å². The maximum atomic E-state index is 13.3. The van der Waals surface area contributed by atoms with Crippen LogP contribution in [0.1, 0.15) is 25.8 Å². The minimum Gasteiger partial charge on any atom is -0.480 e. The van der Waals surface area contributed by atoms with Crippen LogP contribution < -0.4 is 10.6 Å². The first-order valence-corrected chi connectivity index (χ1v) is 5.88. The second-order valence-corrected chi connectivity index (χ2v) is 4.48. The zero-order valence-corrected chi connectivity index (χ0v) is 11.1. The fourth-order valence-corrected chi connectivity index (χ4v) is 1.44. The number of benzene rings is 1. The standard InChI is InChI=1S/C13H17FN2O3/c1-4-13(3,11(17)18)16-12(19)15-10-7-5-6-9(14)8(10)2/h5-7H,4H2,1-3H3,(H,17,18)(H2,15,16,19). The van der Waals surface area contributed by atoms with Crippen molar-refractivity contribution in [2.45, 2.75) is 32.7 Å². The topological polar surface area (TPSA) is 78.4 Å². The molecule has 0 aliphatic heterocycles. The van der Waals surface area contributed by atoms with E-state index in [0.717, 1.165) is 0 Å². The minimum absolute atomic E-state index is 0.234. The van der Waals surface area contributed by atoms with Crippen LogP contribution >= 0.6 is 0 Å². The lowest BCUT2D eigenvalue weighted by Crippen LogP contribution is -2.53. The number of aliphatic carboxylic acids is 1. The van der Waals surface area contributed by atoms with Crippen molar-refractivity contribution in [3.63, 3.8) is 0 Å². The summed E-state index contributed by atoms with van der Waals surface area (Å²) in [6, 6.07) is 3.61. The molecular formula is C13H17FN2O3. The van der Waals surface area contributed by atoms with E-state index in [1.807, 2.05) is 0 Å². The smallest absolute Gasteiger partial charge is 0.329 e. The number of hydrogen-bond donors (Lipinski definition) is 3. The van der Waals surface area contributed by atoms with Crippen LogP contribution in [0.25, 0.3) is 0 Å². The highest BCUT2D eigenvalue weighted by Gasteiger charge is 2.32. The molecule has 0 saturated carbocycles. The third-order valence-corrected chi connectivity index (χ3v) is 3.08. The number of urea groups is 1. The van der Waals surface area contributed by atoms with Crippen molar-refractivity contribution >= 4 is 17.7 Å². The summed E-state index contributed by atoms with van der Waals surface area (Å²) in [5.74, 6) is -1.56. The maximum Gasteiger partial charge on any atom is 0.329 e. The number of rotatable bonds is 4. The fourth-order valence-electron chi connectivity index (χ4n) is 1.44. The summed E-state index contributed by atoms with van der Waals surface area (Å²) in [6.07, 6.45) is 0.234. The molecule has 1 unspecified atom stereocenters. The van der Waals surface area contributed by atoms with Crippen LogP contribution in [0.3, 0.4) is 0 Å². The Kier molecular flexibility index (Phi) is 4.47. The van der Waals surface area contributed by atoms with Gasteiger partial charge in [0, 0.05) is 11.3 Å². The van der Waals surface area contributed by atoms with E-state index in [-0.39, 0.29) is 6.42 Å². The van der Waals surface area contributed by atoms with Crippen molar-refractivity contribution in [3.8, 4) is 0 Å². The lowest BCUT2D eigenvalue weighted by molar-refractivity contribution is -0.143. The van der Waals surface area contributed by atoms with E-state index in [0.29, 0.717) is 11.3 Å². The van der Waals surface area contributed by atoms with Gasteiger partial charge < -0.3 is 15.7 Å². The number of halogens is 1. The van der Waals surface area contributed by atoms with Crippen LogP contribution in [0.2, 0.25) is 0 Å². The molecule has 1 aromatic rings. The molecule has 1 aromatic carbocycles. The van der Waals surface area contributed by atoms with Gasteiger partial charge in [0.2, 0.25) is 0 Å². The van der Waals surface area contributed by atoms with Crippen LogP contribution in [0.4, 0.5) is 14.9 Å². The largest absolute Gasteiger partial charge is 0.480 e. The Morgan fingerprint density at radius 2 is 2.05 bits per heavy atom. The van der Waals surface area contributed by atoms with Crippen molar-refractivity contribution < 1.29 is 19.1 Å². The molecule has 1 rings (SSSR count). The molecule has 5 nitrogen and oxygen atoms in total. The Morgan fingerprint density at radius 3 is 2.58 bits per heavy atom. The normalized spacial score (nSPS) is 13.5. The first-order valence-electron chi connectivity index (χ1n) is 5.88. The average molecular weight is 268 g/mol. The lowest BCUT2D eigenvalue weighted by Gasteiger charge is -2.24. The van der Waals surface area contributed by atoms with Gasteiger partial charge in [-0.15, -0.1) is 0 Å². The molecule has 0 radical (unpaired) electrons. The molecule has 104 valence electrons. The van der Waals surface area contributed by atoms with E-state index in [1.165, 1.54) is 26.0 Å². The van der Waals surface area contributed by atoms with E-state index in [4.69, 9.17) is 5.11 Å². The minimum atomic E-state index is -1.36. The van der Waals surface area contributed by atoms with E-state index >= 15 is 0 Å². The summed E-state index contributed by atoms with van der Waals surface area (Å²) in [5, 5.41) is 13.9. The predicted octanol–water partition coefficient (Wildman–Crippen LogP) is 2.51. The highest BCUT2D eigenvalue weighted by molar-refractivity contribution is 5.94. The van der Waals surface area contributed by atoms with Gasteiger partial charge in [-0.3, -0.25) is 0 Å². The lowest BCUT2D eigenvalue weighted by atomic mass is 10.00. The van der Waals surface area contributed by atoms with Crippen molar-refractivity contribution in [1.29, 1.82) is 0 Å². The molecule has 0 spiro atoms. The number of carbonyl (C=O) groups excluding carboxylic acids is 1. The summed E-state index contributed by atoms with van der Waals surface area (Å²) in [6.45, 7) is 4.59. The van der Waals surface area contributed by atoms with Crippen LogP contribution in [0.15, 0.2) is 18.2 Å². The zero-order chi connectivity index (χ0) is 14.6. The number of anilines is 1. The van der Waals surface area contributed by atoms with Gasteiger partial charge in [0.25, 0.3) is 0 Å². The van der Waals surface area contributed by atoms with Crippen LogP contribution in [0.5, 0.6) is 0 Å². The van der Waals surface area contributed by atoms with Gasteiger partial charge in [0.05, 0.1) is 0 Å². The monoisotopic (exact) mass is 268 g/mol. The van der Waals surface area contributed by atoms with Gasteiger partial charge in [-0.2, -0.15) is 0 Å². The van der Waals surface area contributed by atoms with E-state index < -0.39 is 23.4 Å². The molecule has 2 amide bonds. The van der Waals surface area contributed by atoms with E-state index in [2.05, 4.69) is 10.6 Å². The van der Waals surface area contributed by atoms with Gasteiger partial charge in [-0.1, -0.05) is 13.0 Å². The molecule has 1 atom stereocenters. The van der Waals surface area contributed by atoms with Gasteiger partial charge >= 0.3 is 12.0 Å². The van der Waals surface area contributed by atoms with Crippen LogP contribution in [-0.4, -0.2) is 22.6 Å². The predicted molar refractivity (Wildman–Crippen MR) is 69.6 cm³/mol. The molecular weight excluding hydrogens is 251 g/mol. The van der Waals surface area contributed by atoms with E-state index in [1.54, 1.807) is 13.0 Å². The molecule has 0 bridgehead atoms. The van der Waals surface area contributed by atoms with Crippen LogP contribution in [-0.2, 0) is 4.79 Å². The summed E-state index contributed by atoms with van der Waals surface area (Å²) in [4.78, 5) is 22.8. The molecule has 3 N–H and O–H groups in total. The second-order valence-electron chi connectivity index (χ2n) is 4.48. The SMILES string of the molecule is CCC(C)(NC(=O)Nc1cccc(F)c1C)C(=O)O. The number of carboxylic acids is 1. The van der Waals surface area contributed by atoms with Crippen molar-refractivity contribution in [3.05, 3.63) is 29.6 Å². The van der Waals surface area contributed by atoms with Crippen LogP contribution in [0, 0.1) is 12.7 Å². The van der Waals surface area contributed by atoms with Gasteiger partial charge in [0.1, 0.15) is 11.4 Å². The first kappa shape index (κ1) is 14.9. The quantitative estimate of drug-likeness (QED) is 0.785. The Labute approximate surface area is 110 Å². The second kappa shape index (κ2) is 5.69.